The SMILES string of the molecule is CC(=O)/C(C=Nc1ccc(Cl)cc1)=C(/O)C(F)(F)F. The minimum absolute atomic E-state index is 0.304. The lowest BCUT2D eigenvalue weighted by atomic mass is 10.1. The lowest BCUT2D eigenvalue weighted by molar-refractivity contribution is -0.125. The second kappa shape index (κ2) is 5.88. The van der Waals surface area contributed by atoms with Crippen molar-refractivity contribution in [1.82, 2.24) is 0 Å². The van der Waals surface area contributed by atoms with Gasteiger partial charge in [0, 0.05) is 11.2 Å². The Labute approximate surface area is 112 Å². The Morgan fingerprint density at radius 1 is 1.32 bits per heavy atom. The Morgan fingerprint density at radius 2 is 1.84 bits per heavy atom. The molecule has 19 heavy (non-hydrogen) atoms. The van der Waals surface area contributed by atoms with Crippen molar-refractivity contribution in [2.24, 2.45) is 4.99 Å². The van der Waals surface area contributed by atoms with Crippen LogP contribution in [0, 0.1) is 0 Å². The monoisotopic (exact) mass is 291 g/mol. The quantitative estimate of drug-likeness (QED) is 0.520. The van der Waals surface area contributed by atoms with Crippen molar-refractivity contribution in [3.05, 3.63) is 40.6 Å². The number of aliphatic hydroxyl groups is 1. The van der Waals surface area contributed by atoms with Crippen LogP contribution in [0.3, 0.4) is 0 Å². The number of benzene rings is 1. The van der Waals surface area contributed by atoms with Crippen molar-refractivity contribution in [3.8, 4) is 0 Å². The first-order valence-corrected chi connectivity index (χ1v) is 5.40. The summed E-state index contributed by atoms with van der Waals surface area (Å²) in [6.45, 7) is 0.908. The second-order valence-electron chi connectivity index (χ2n) is 3.55. The number of alkyl halides is 3. The van der Waals surface area contributed by atoms with E-state index in [4.69, 9.17) is 16.7 Å². The third kappa shape index (κ3) is 4.40. The van der Waals surface area contributed by atoms with Gasteiger partial charge in [0.25, 0.3) is 0 Å². The molecule has 0 aliphatic carbocycles. The summed E-state index contributed by atoms with van der Waals surface area (Å²) in [4.78, 5) is 14.8. The van der Waals surface area contributed by atoms with Gasteiger partial charge < -0.3 is 5.11 Å². The number of hydrogen-bond donors (Lipinski definition) is 1. The molecule has 0 atom stereocenters. The van der Waals surface area contributed by atoms with Crippen molar-refractivity contribution < 1.29 is 23.1 Å². The van der Waals surface area contributed by atoms with E-state index in [0.29, 0.717) is 16.9 Å². The molecule has 1 aromatic carbocycles. The average molecular weight is 292 g/mol. The second-order valence-corrected chi connectivity index (χ2v) is 3.99. The third-order valence-corrected chi connectivity index (χ3v) is 2.32. The van der Waals surface area contributed by atoms with E-state index in [1.54, 1.807) is 0 Å². The van der Waals surface area contributed by atoms with Crippen LogP contribution in [0.5, 0.6) is 0 Å². The molecular weight excluding hydrogens is 283 g/mol. The summed E-state index contributed by atoms with van der Waals surface area (Å²) in [5.74, 6) is -2.90. The lowest BCUT2D eigenvalue weighted by Crippen LogP contribution is -2.17. The molecule has 0 unspecified atom stereocenters. The summed E-state index contributed by atoms with van der Waals surface area (Å²) in [7, 11) is 0. The van der Waals surface area contributed by atoms with Crippen LogP contribution in [0.15, 0.2) is 40.6 Å². The third-order valence-electron chi connectivity index (χ3n) is 2.07. The molecule has 0 aromatic heterocycles. The van der Waals surface area contributed by atoms with Gasteiger partial charge >= 0.3 is 6.18 Å². The first-order chi connectivity index (χ1) is 8.71. The number of carbonyl (C=O) groups excluding carboxylic acids is 1. The molecule has 0 aliphatic rings. The maximum absolute atomic E-state index is 12.3. The van der Waals surface area contributed by atoms with Crippen molar-refractivity contribution >= 4 is 29.3 Å². The van der Waals surface area contributed by atoms with Crippen LogP contribution in [-0.2, 0) is 4.79 Å². The maximum Gasteiger partial charge on any atom is 0.449 e. The van der Waals surface area contributed by atoms with Gasteiger partial charge in [-0.1, -0.05) is 11.6 Å². The van der Waals surface area contributed by atoms with E-state index < -0.39 is 23.3 Å². The molecule has 7 heteroatoms. The smallest absolute Gasteiger partial charge is 0.449 e. The fraction of sp³-hybridized carbons (Fsp3) is 0.167. The number of halogens is 4. The minimum Gasteiger partial charge on any atom is -0.504 e. The van der Waals surface area contributed by atoms with Crippen LogP contribution in [0.2, 0.25) is 5.02 Å². The highest BCUT2D eigenvalue weighted by Gasteiger charge is 2.37. The normalized spacial score (nSPS) is 13.5. The number of aliphatic imine (C=N–C) groups is 1. The highest BCUT2D eigenvalue weighted by atomic mass is 35.5. The Bertz CT molecular complexity index is 533. The first kappa shape index (κ1) is 15.2. The molecule has 1 N–H and O–H groups in total. The predicted octanol–water partition coefficient (Wildman–Crippen LogP) is 4.01. The number of nitrogens with zero attached hydrogens (tertiary/aromatic N) is 1. The van der Waals surface area contributed by atoms with Crippen LogP contribution < -0.4 is 0 Å². The van der Waals surface area contributed by atoms with Crippen molar-refractivity contribution in [2.45, 2.75) is 13.1 Å². The molecule has 0 heterocycles. The zero-order valence-corrected chi connectivity index (χ0v) is 10.5. The topological polar surface area (TPSA) is 49.7 Å². The van der Waals surface area contributed by atoms with Crippen LogP contribution >= 0.6 is 11.6 Å². The minimum atomic E-state index is -4.99. The largest absolute Gasteiger partial charge is 0.504 e. The number of Topliss-reactive ketones (excluding diaryl/α,β-unsaturated/α-hetero) is 1. The molecule has 0 saturated heterocycles. The van der Waals surface area contributed by atoms with Crippen molar-refractivity contribution in [2.75, 3.05) is 0 Å². The van der Waals surface area contributed by atoms with Gasteiger partial charge in [0.05, 0.1) is 11.3 Å². The van der Waals surface area contributed by atoms with E-state index in [-0.39, 0.29) is 0 Å². The summed E-state index contributed by atoms with van der Waals surface area (Å²) < 4.78 is 36.9. The zero-order valence-electron chi connectivity index (χ0n) is 9.70. The highest BCUT2D eigenvalue weighted by Crippen LogP contribution is 2.26. The number of aliphatic hydroxyl groups excluding tert-OH is 1. The number of carbonyl (C=O) groups is 1. The zero-order chi connectivity index (χ0) is 14.6. The maximum atomic E-state index is 12.3. The summed E-state index contributed by atoms with van der Waals surface area (Å²) in [5.41, 5.74) is -0.597. The number of hydrogen-bond acceptors (Lipinski definition) is 3. The first-order valence-electron chi connectivity index (χ1n) is 5.03. The summed E-state index contributed by atoms with van der Waals surface area (Å²) in [6.07, 6.45) is -4.32. The molecule has 1 aromatic rings. The van der Waals surface area contributed by atoms with Gasteiger partial charge in [-0.3, -0.25) is 9.79 Å². The summed E-state index contributed by atoms with van der Waals surface area (Å²) >= 11 is 5.63. The molecule has 3 nitrogen and oxygen atoms in total. The van der Waals surface area contributed by atoms with Gasteiger partial charge in [-0.15, -0.1) is 0 Å². The van der Waals surface area contributed by atoms with E-state index in [1.165, 1.54) is 24.3 Å². The van der Waals surface area contributed by atoms with E-state index in [9.17, 15) is 18.0 Å². The molecule has 102 valence electrons. The predicted molar refractivity (Wildman–Crippen MR) is 66.0 cm³/mol. The standard InChI is InChI=1S/C12H9ClF3NO2/c1-7(18)10(11(19)12(14,15)16)6-17-9-4-2-8(13)3-5-9/h2-6,19H,1H3/b11-10+,17-6?. The number of rotatable bonds is 3. The number of ketones is 1. The van der Waals surface area contributed by atoms with Gasteiger partial charge in [-0.05, 0) is 31.2 Å². The molecule has 0 fully saturated rings. The molecule has 0 amide bonds. The van der Waals surface area contributed by atoms with Gasteiger partial charge in [0.1, 0.15) is 0 Å². The van der Waals surface area contributed by atoms with Gasteiger partial charge in [0.2, 0.25) is 5.76 Å². The average Bonchev–Trinajstić information content (AvgIpc) is 2.30. The van der Waals surface area contributed by atoms with Crippen LogP contribution in [-0.4, -0.2) is 23.3 Å². The van der Waals surface area contributed by atoms with E-state index >= 15 is 0 Å². The molecule has 0 spiro atoms. The summed E-state index contributed by atoms with van der Waals surface area (Å²) in [6, 6.07) is 5.91. The number of allylic oxidation sites excluding steroid dienone is 2. The van der Waals surface area contributed by atoms with E-state index in [1.807, 2.05) is 0 Å². The van der Waals surface area contributed by atoms with Gasteiger partial charge in [-0.2, -0.15) is 13.2 Å². The van der Waals surface area contributed by atoms with Crippen LogP contribution in [0.4, 0.5) is 18.9 Å². The molecule has 0 radical (unpaired) electrons. The van der Waals surface area contributed by atoms with Gasteiger partial charge in [0.15, 0.2) is 5.78 Å². The highest BCUT2D eigenvalue weighted by molar-refractivity contribution is 6.30. The molecule has 1 rings (SSSR count). The Balaban J connectivity index is 3.11. The van der Waals surface area contributed by atoms with Gasteiger partial charge in [-0.25, -0.2) is 0 Å². The fourth-order valence-electron chi connectivity index (χ4n) is 1.14. The van der Waals surface area contributed by atoms with Crippen molar-refractivity contribution in [1.29, 1.82) is 0 Å². The van der Waals surface area contributed by atoms with Crippen LogP contribution in [0.25, 0.3) is 0 Å². The molecular formula is C12H9ClF3NO2. The van der Waals surface area contributed by atoms with Crippen LogP contribution in [0.1, 0.15) is 6.92 Å². The fourth-order valence-corrected chi connectivity index (χ4v) is 1.26. The Hall–Kier alpha value is -1.82. The lowest BCUT2D eigenvalue weighted by Gasteiger charge is -2.07. The molecule has 0 aliphatic heterocycles. The molecule has 0 saturated carbocycles. The van der Waals surface area contributed by atoms with Crippen molar-refractivity contribution in [3.63, 3.8) is 0 Å². The molecule has 0 bridgehead atoms. The van der Waals surface area contributed by atoms with E-state index in [0.717, 1.165) is 6.92 Å². The Morgan fingerprint density at radius 3 is 2.26 bits per heavy atom. The van der Waals surface area contributed by atoms with E-state index in [2.05, 4.69) is 4.99 Å². The summed E-state index contributed by atoms with van der Waals surface area (Å²) in [5, 5.41) is 9.40. The Kier molecular flexibility index (Phi) is 4.72.